The van der Waals surface area contributed by atoms with Gasteiger partial charge in [0.15, 0.2) is 0 Å². The van der Waals surface area contributed by atoms with Crippen LogP contribution in [0.4, 0.5) is 11.5 Å². The van der Waals surface area contributed by atoms with Gasteiger partial charge in [0.05, 0.1) is 0 Å². The highest BCUT2D eigenvalue weighted by Crippen LogP contribution is 2.22. The molecule has 1 amide bonds. The number of amides is 1. The average molecular weight is 363 g/mol. The zero-order valence-electron chi connectivity index (χ0n) is 13.1. The van der Waals surface area contributed by atoms with Crippen molar-refractivity contribution in [2.45, 2.75) is 33.2 Å². The van der Waals surface area contributed by atoms with E-state index in [0.29, 0.717) is 11.5 Å². The van der Waals surface area contributed by atoms with Crippen LogP contribution in [0.2, 0.25) is 0 Å². The zero-order valence-corrected chi connectivity index (χ0v) is 14.7. The predicted molar refractivity (Wildman–Crippen MR) is 91.4 cm³/mol. The topological polar surface area (TPSA) is 66.9 Å². The van der Waals surface area contributed by atoms with E-state index >= 15 is 0 Å². The maximum Gasteiger partial charge on any atom is 0.270 e. The molecule has 2 aromatic rings. The molecule has 0 fully saturated rings. The number of anilines is 2. The van der Waals surface area contributed by atoms with Gasteiger partial charge in [-0.2, -0.15) is 0 Å². The molecule has 0 aliphatic rings. The smallest absolute Gasteiger partial charge is 0.270 e. The Morgan fingerprint density at radius 3 is 2.55 bits per heavy atom. The summed E-state index contributed by atoms with van der Waals surface area (Å²) in [4.78, 5) is 20.3. The molecule has 0 saturated heterocycles. The summed E-state index contributed by atoms with van der Waals surface area (Å²) in [6.07, 6.45) is 1.38. The lowest BCUT2D eigenvalue weighted by Gasteiger charge is -2.20. The molecule has 0 aliphatic carbocycles. The zero-order chi connectivity index (χ0) is 16.3. The number of aromatic nitrogens is 2. The summed E-state index contributed by atoms with van der Waals surface area (Å²) in [5, 5.41) is 6.06. The third-order valence-corrected chi connectivity index (χ3v) is 3.71. The lowest BCUT2D eigenvalue weighted by atomic mass is 10.1. The van der Waals surface area contributed by atoms with Gasteiger partial charge < -0.3 is 10.6 Å². The van der Waals surface area contributed by atoms with Crippen LogP contribution in [0.3, 0.4) is 0 Å². The summed E-state index contributed by atoms with van der Waals surface area (Å²) >= 11 is 3.47. The van der Waals surface area contributed by atoms with E-state index in [0.717, 1.165) is 15.7 Å². The van der Waals surface area contributed by atoms with Crippen LogP contribution in [-0.2, 0) is 0 Å². The second-order valence-corrected chi connectivity index (χ2v) is 6.94. The summed E-state index contributed by atoms with van der Waals surface area (Å²) in [5.74, 6) is 0.362. The maximum absolute atomic E-state index is 12.1. The molecule has 0 bridgehead atoms. The van der Waals surface area contributed by atoms with Gasteiger partial charge in [0.25, 0.3) is 5.91 Å². The highest BCUT2D eigenvalue weighted by atomic mass is 79.9. The van der Waals surface area contributed by atoms with E-state index in [1.807, 2.05) is 45.9 Å². The van der Waals surface area contributed by atoms with Crippen LogP contribution in [0.1, 0.15) is 36.8 Å². The number of benzene rings is 1. The first kappa shape index (κ1) is 16.4. The molecule has 2 N–H and O–H groups in total. The number of halogens is 1. The number of carbonyl (C=O) groups excluding carboxylic acids is 1. The van der Waals surface area contributed by atoms with Crippen molar-refractivity contribution in [3.63, 3.8) is 0 Å². The van der Waals surface area contributed by atoms with E-state index < -0.39 is 0 Å². The number of rotatable bonds is 3. The molecular formula is C16H19BrN4O. The van der Waals surface area contributed by atoms with Gasteiger partial charge in [-0.1, -0.05) is 15.9 Å². The van der Waals surface area contributed by atoms with Crippen LogP contribution < -0.4 is 10.6 Å². The van der Waals surface area contributed by atoms with Crippen molar-refractivity contribution in [1.82, 2.24) is 15.3 Å². The SMILES string of the molecule is Cc1cc(Nc2cc(C(=O)NC(C)(C)C)ncn2)ccc1Br. The molecule has 6 heteroatoms. The van der Waals surface area contributed by atoms with Crippen LogP contribution in [0.5, 0.6) is 0 Å². The van der Waals surface area contributed by atoms with Crippen LogP contribution in [0.15, 0.2) is 35.1 Å². The second-order valence-electron chi connectivity index (χ2n) is 6.08. The highest BCUT2D eigenvalue weighted by Gasteiger charge is 2.16. The normalized spacial score (nSPS) is 11.1. The summed E-state index contributed by atoms with van der Waals surface area (Å²) < 4.78 is 1.05. The minimum Gasteiger partial charge on any atom is -0.346 e. The van der Waals surface area contributed by atoms with Crippen LogP contribution in [0.25, 0.3) is 0 Å². The molecule has 22 heavy (non-hydrogen) atoms. The minimum atomic E-state index is -0.307. The molecular weight excluding hydrogens is 344 g/mol. The Bertz CT molecular complexity index is 695. The monoisotopic (exact) mass is 362 g/mol. The highest BCUT2D eigenvalue weighted by molar-refractivity contribution is 9.10. The lowest BCUT2D eigenvalue weighted by molar-refractivity contribution is 0.0914. The molecule has 116 valence electrons. The summed E-state index contributed by atoms with van der Waals surface area (Å²) in [6, 6.07) is 7.54. The molecule has 0 spiro atoms. The van der Waals surface area contributed by atoms with Crippen molar-refractivity contribution in [1.29, 1.82) is 0 Å². The van der Waals surface area contributed by atoms with Gasteiger partial charge in [0.2, 0.25) is 0 Å². The van der Waals surface area contributed by atoms with Gasteiger partial charge in [-0.3, -0.25) is 4.79 Å². The molecule has 2 rings (SSSR count). The molecule has 0 radical (unpaired) electrons. The Morgan fingerprint density at radius 1 is 1.18 bits per heavy atom. The summed E-state index contributed by atoms with van der Waals surface area (Å²) in [6.45, 7) is 7.79. The largest absolute Gasteiger partial charge is 0.346 e. The first-order valence-corrected chi connectivity index (χ1v) is 7.72. The molecule has 1 heterocycles. The summed E-state index contributed by atoms with van der Waals surface area (Å²) in [5.41, 5.74) is 2.05. The van der Waals surface area contributed by atoms with Crippen LogP contribution in [-0.4, -0.2) is 21.4 Å². The fraction of sp³-hybridized carbons (Fsp3) is 0.312. The Balaban J connectivity index is 2.17. The van der Waals surface area contributed by atoms with Gasteiger partial charge in [0, 0.05) is 21.8 Å². The van der Waals surface area contributed by atoms with Crippen molar-refractivity contribution in [2.75, 3.05) is 5.32 Å². The second kappa shape index (κ2) is 6.44. The van der Waals surface area contributed by atoms with Crippen molar-refractivity contribution in [3.8, 4) is 0 Å². The molecule has 0 saturated carbocycles. The van der Waals surface area contributed by atoms with Crippen LogP contribution in [0, 0.1) is 6.92 Å². The Kier molecular flexibility index (Phi) is 4.81. The Hall–Kier alpha value is -1.95. The molecule has 0 atom stereocenters. The van der Waals surface area contributed by atoms with E-state index in [1.54, 1.807) is 6.07 Å². The van der Waals surface area contributed by atoms with Gasteiger partial charge in [-0.05, 0) is 51.5 Å². The van der Waals surface area contributed by atoms with E-state index in [9.17, 15) is 4.79 Å². The fourth-order valence-corrected chi connectivity index (χ4v) is 2.07. The van der Waals surface area contributed by atoms with Crippen molar-refractivity contribution < 1.29 is 4.79 Å². The number of nitrogens with zero attached hydrogens (tertiary/aromatic N) is 2. The van der Waals surface area contributed by atoms with E-state index in [1.165, 1.54) is 6.33 Å². The van der Waals surface area contributed by atoms with E-state index in [2.05, 4.69) is 36.5 Å². The van der Waals surface area contributed by atoms with E-state index in [-0.39, 0.29) is 11.4 Å². The first-order valence-electron chi connectivity index (χ1n) is 6.92. The first-order chi connectivity index (χ1) is 10.2. The van der Waals surface area contributed by atoms with Gasteiger partial charge >= 0.3 is 0 Å². The number of nitrogens with one attached hydrogen (secondary N) is 2. The van der Waals surface area contributed by atoms with Gasteiger partial charge in [0.1, 0.15) is 17.8 Å². The van der Waals surface area contributed by atoms with Crippen LogP contribution >= 0.6 is 15.9 Å². The predicted octanol–water partition coefficient (Wildman–Crippen LogP) is 3.82. The summed E-state index contributed by atoms with van der Waals surface area (Å²) in [7, 11) is 0. The van der Waals surface area contributed by atoms with Crippen molar-refractivity contribution >= 4 is 33.3 Å². The number of carbonyl (C=O) groups is 1. The van der Waals surface area contributed by atoms with Gasteiger partial charge in [-0.15, -0.1) is 0 Å². The quantitative estimate of drug-likeness (QED) is 0.870. The molecule has 1 aromatic carbocycles. The maximum atomic E-state index is 12.1. The lowest BCUT2D eigenvalue weighted by Crippen LogP contribution is -2.40. The molecule has 1 aromatic heterocycles. The molecule has 0 unspecified atom stereocenters. The number of hydrogen-bond donors (Lipinski definition) is 2. The Labute approximate surface area is 138 Å². The van der Waals surface area contributed by atoms with Gasteiger partial charge in [-0.25, -0.2) is 9.97 Å². The van der Waals surface area contributed by atoms with Crippen molar-refractivity contribution in [2.24, 2.45) is 0 Å². The molecule has 5 nitrogen and oxygen atoms in total. The Morgan fingerprint density at radius 2 is 1.91 bits per heavy atom. The number of aryl methyl sites for hydroxylation is 1. The third-order valence-electron chi connectivity index (χ3n) is 2.82. The van der Waals surface area contributed by atoms with E-state index in [4.69, 9.17) is 0 Å². The molecule has 0 aliphatic heterocycles. The standard InChI is InChI=1S/C16H19BrN4O/c1-10-7-11(5-6-12(10)17)20-14-8-13(18-9-19-14)15(22)21-16(2,3)4/h5-9H,1-4H3,(H,21,22)(H,18,19,20). The third kappa shape index (κ3) is 4.53. The van der Waals surface area contributed by atoms with Crippen molar-refractivity contribution in [3.05, 3.63) is 46.3 Å². The minimum absolute atomic E-state index is 0.218. The number of hydrogen-bond acceptors (Lipinski definition) is 4. The fourth-order valence-electron chi connectivity index (χ4n) is 1.82. The average Bonchev–Trinajstić information content (AvgIpc) is 2.41.